The molecule has 18 heavy (non-hydrogen) atoms. The van der Waals surface area contributed by atoms with Gasteiger partial charge in [-0.25, -0.2) is 9.97 Å². The van der Waals surface area contributed by atoms with E-state index in [1.54, 1.807) is 24.4 Å². The van der Waals surface area contributed by atoms with Crippen LogP contribution in [-0.2, 0) is 0 Å². The number of aromatic hydroxyl groups is 1. The molecular formula is C13H16N4O. The molecule has 94 valence electrons. The summed E-state index contributed by atoms with van der Waals surface area (Å²) < 4.78 is 0. The van der Waals surface area contributed by atoms with Gasteiger partial charge >= 0.3 is 0 Å². The van der Waals surface area contributed by atoms with E-state index in [-0.39, 0.29) is 5.75 Å². The zero-order chi connectivity index (χ0) is 12.8. The molecule has 0 radical (unpaired) electrons. The van der Waals surface area contributed by atoms with Crippen LogP contribution in [0.15, 0.2) is 36.8 Å². The smallest absolute Gasteiger partial charge is 0.116 e. The van der Waals surface area contributed by atoms with Crippen LogP contribution in [0.2, 0.25) is 0 Å². The quantitative estimate of drug-likeness (QED) is 0.696. The molecule has 0 spiro atoms. The van der Waals surface area contributed by atoms with E-state index in [4.69, 9.17) is 5.73 Å². The lowest BCUT2D eigenvalue weighted by molar-refractivity contribution is 0.475. The second-order valence-corrected chi connectivity index (χ2v) is 3.90. The van der Waals surface area contributed by atoms with Crippen LogP contribution in [-0.4, -0.2) is 28.2 Å². The van der Waals surface area contributed by atoms with E-state index in [0.29, 0.717) is 6.54 Å². The number of nitrogens with two attached hydrogens (primary N) is 1. The minimum Gasteiger partial charge on any atom is -0.508 e. The second-order valence-electron chi connectivity index (χ2n) is 3.90. The second kappa shape index (κ2) is 5.97. The zero-order valence-corrected chi connectivity index (χ0v) is 10.0. The van der Waals surface area contributed by atoms with E-state index < -0.39 is 0 Å². The maximum atomic E-state index is 9.50. The summed E-state index contributed by atoms with van der Waals surface area (Å²) in [6.45, 7) is 1.41. The van der Waals surface area contributed by atoms with Crippen molar-refractivity contribution in [2.45, 2.75) is 6.42 Å². The number of benzene rings is 1. The largest absolute Gasteiger partial charge is 0.508 e. The first kappa shape index (κ1) is 12.3. The third-order valence-corrected chi connectivity index (χ3v) is 2.53. The molecule has 1 heterocycles. The van der Waals surface area contributed by atoms with Gasteiger partial charge in [0, 0.05) is 12.1 Å². The van der Waals surface area contributed by atoms with Gasteiger partial charge in [0.1, 0.15) is 12.1 Å². The number of phenolic OH excluding ortho intramolecular Hbond substituents is 1. The van der Waals surface area contributed by atoms with Crippen molar-refractivity contribution in [3.8, 4) is 17.0 Å². The van der Waals surface area contributed by atoms with E-state index in [9.17, 15) is 5.11 Å². The summed E-state index contributed by atoms with van der Waals surface area (Å²) in [5.74, 6) is 0.221. The molecule has 4 N–H and O–H groups in total. The first-order valence-electron chi connectivity index (χ1n) is 5.84. The Bertz CT molecular complexity index is 516. The SMILES string of the molecule is NCCCNc1cncnc1-c1cccc(O)c1. The Balaban J connectivity index is 2.27. The van der Waals surface area contributed by atoms with Crippen molar-refractivity contribution in [3.05, 3.63) is 36.8 Å². The molecule has 0 saturated carbocycles. The highest BCUT2D eigenvalue weighted by Crippen LogP contribution is 2.26. The van der Waals surface area contributed by atoms with Crippen LogP contribution >= 0.6 is 0 Å². The molecule has 1 aromatic heterocycles. The molecule has 5 heteroatoms. The Kier molecular flexibility index (Phi) is 4.09. The van der Waals surface area contributed by atoms with Crippen LogP contribution in [0, 0.1) is 0 Å². The van der Waals surface area contributed by atoms with Gasteiger partial charge in [-0.05, 0) is 25.1 Å². The van der Waals surface area contributed by atoms with Gasteiger partial charge in [0.25, 0.3) is 0 Å². The molecule has 2 rings (SSSR count). The van der Waals surface area contributed by atoms with Gasteiger partial charge in [-0.1, -0.05) is 12.1 Å². The summed E-state index contributed by atoms with van der Waals surface area (Å²) in [6.07, 6.45) is 4.10. The molecule has 0 aliphatic carbocycles. The van der Waals surface area contributed by atoms with Crippen molar-refractivity contribution < 1.29 is 5.11 Å². The topological polar surface area (TPSA) is 84.1 Å². The molecule has 0 saturated heterocycles. The van der Waals surface area contributed by atoms with Crippen LogP contribution in [0.25, 0.3) is 11.3 Å². The summed E-state index contributed by atoms with van der Waals surface area (Å²) in [7, 11) is 0. The van der Waals surface area contributed by atoms with Gasteiger partial charge in [-0.2, -0.15) is 0 Å². The van der Waals surface area contributed by atoms with Gasteiger partial charge in [0.15, 0.2) is 0 Å². The molecule has 2 aromatic rings. The summed E-state index contributed by atoms with van der Waals surface area (Å²) in [4.78, 5) is 8.26. The molecule has 5 nitrogen and oxygen atoms in total. The number of nitrogens with one attached hydrogen (secondary N) is 1. The number of hydrogen-bond acceptors (Lipinski definition) is 5. The van der Waals surface area contributed by atoms with Crippen LogP contribution in [0.4, 0.5) is 5.69 Å². The van der Waals surface area contributed by atoms with Gasteiger partial charge in [0.05, 0.1) is 17.6 Å². The number of nitrogens with zero attached hydrogens (tertiary/aromatic N) is 2. The lowest BCUT2D eigenvalue weighted by Crippen LogP contribution is -2.09. The van der Waals surface area contributed by atoms with E-state index in [2.05, 4.69) is 15.3 Å². The molecule has 0 unspecified atom stereocenters. The van der Waals surface area contributed by atoms with Crippen LogP contribution in [0.1, 0.15) is 6.42 Å². The van der Waals surface area contributed by atoms with E-state index in [0.717, 1.165) is 29.9 Å². The van der Waals surface area contributed by atoms with Crippen molar-refractivity contribution >= 4 is 5.69 Å². The predicted octanol–water partition coefficient (Wildman–Crippen LogP) is 1.61. The standard InChI is InChI=1S/C13H16N4O/c14-5-2-6-16-12-8-15-9-17-13(12)10-3-1-4-11(18)7-10/h1,3-4,7-9,16,18H,2,5-6,14H2. The summed E-state index contributed by atoms with van der Waals surface area (Å²) in [5.41, 5.74) is 7.93. The van der Waals surface area contributed by atoms with Gasteiger partial charge in [0.2, 0.25) is 0 Å². The third kappa shape index (κ3) is 2.95. The fourth-order valence-electron chi connectivity index (χ4n) is 1.67. The summed E-state index contributed by atoms with van der Waals surface area (Å²) >= 11 is 0. The summed E-state index contributed by atoms with van der Waals surface area (Å²) in [6, 6.07) is 7.00. The predicted molar refractivity (Wildman–Crippen MR) is 71.3 cm³/mol. The Labute approximate surface area is 106 Å². The van der Waals surface area contributed by atoms with E-state index in [1.807, 2.05) is 6.07 Å². The Morgan fingerprint density at radius 2 is 2.22 bits per heavy atom. The fourth-order valence-corrected chi connectivity index (χ4v) is 1.67. The molecular weight excluding hydrogens is 228 g/mol. The zero-order valence-electron chi connectivity index (χ0n) is 10.0. The molecule has 0 fully saturated rings. The molecule has 0 atom stereocenters. The van der Waals surface area contributed by atoms with Gasteiger partial charge in [-0.15, -0.1) is 0 Å². The van der Waals surface area contributed by atoms with Crippen molar-refractivity contribution in [1.82, 2.24) is 9.97 Å². The minimum atomic E-state index is 0.221. The first-order valence-corrected chi connectivity index (χ1v) is 5.84. The van der Waals surface area contributed by atoms with Gasteiger partial charge in [-0.3, -0.25) is 0 Å². The molecule has 1 aromatic carbocycles. The molecule has 0 aliphatic heterocycles. The maximum absolute atomic E-state index is 9.50. The normalized spacial score (nSPS) is 10.3. The third-order valence-electron chi connectivity index (χ3n) is 2.53. The van der Waals surface area contributed by atoms with E-state index >= 15 is 0 Å². The van der Waals surface area contributed by atoms with Crippen molar-refractivity contribution in [2.75, 3.05) is 18.4 Å². The molecule has 0 bridgehead atoms. The summed E-state index contributed by atoms with van der Waals surface area (Å²) in [5, 5.41) is 12.7. The lowest BCUT2D eigenvalue weighted by Gasteiger charge is -2.10. The van der Waals surface area contributed by atoms with Crippen LogP contribution in [0.3, 0.4) is 0 Å². The number of hydrogen-bond donors (Lipinski definition) is 3. The number of aromatic nitrogens is 2. The highest BCUT2D eigenvalue weighted by molar-refractivity contribution is 5.74. The number of anilines is 1. The van der Waals surface area contributed by atoms with Crippen molar-refractivity contribution in [3.63, 3.8) is 0 Å². The van der Waals surface area contributed by atoms with Gasteiger partial charge < -0.3 is 16.2 Å². The van der Waals surface area contributed by atoms with Crippen LogP contribution < -0.4 is 11.1 Å². The highest BCUT2D eigenvalue weighted by Gasteiger charge is 2.06. The average Bonchev–Trinajstić information content (AvgIpc) is 2.40. The number of phenols is 1. The fraction of sp³-hybridized carbons (Fsp3) is 0.231. The van der Waals surface area contributed by atoms with E-state index in [1.165, 1.54) is 6.33 Å². The Morgan fingerprint density at radius 1 is 1.33 bits per heavy atom. The first-order chi connectivity index (χ1) is 8.81. The Hall–Kier alpha value is -2.14. The van der Waals surface area contributed by atoms with Crippen molar-refractivity contribution in [2.24, 2.45) is 5.73 Å². The minimum absolute atomic E-state index is 0.221. The molecule has 0 amide bonds. The average molecular weight is 244 g/mol. The highest BCUT2D eigenvalue weighted by atomic mass is 16.3. The maximum Gasteiger partial charge on any atom is 0.116 e. The monoisotopic (exact) mass is 244 g/mol. The molecule has 0 aliphatic rings. The number of rotatable bonds is 5. The van der Waals surface area contributed by atoms with Crippen molar-refractivity contribution in [1.29, 1.82) is 0 Å². The van der Waals surface area contributed by atoms with Crippen LogP contribution in [0.5, 0.6) is 5.75 Å². The Morgan fingerprint density at radius 3 is 3.00 bits per heavy atom. The lowest BCUT2D eigenvalue weighted by atomic mass is 10.1.